The van der Waals surface area contributed by atoms with Crippen molar-refractivity contribution in [1.29, 1.82) is 0 Å². The van der Waals surface area contributed by atoms with E-state index in [1.165, 1.54) is 12.8 Å². The van der Waals surface area contributed by atoms with Crippen LogP contribution in [0.4, 0.5) is 0 Å². The fourth-order valence-corrected chi connectivity index (χ4v) is 3.07. The van der Waals surface area contributed by atoms with Crippen LogP contribution in [0.5, 0.6) is 0 Å². The summed E-state index contributed by atoms with van der Waals surface area (Å²) in [6.07, 6.45) is 6.68. The minimum absolute atomic E-state index is 0.0196. The highest BCUT2D eigenvalue weighted by Gasteiger charge is 2.33. The molecule has 0 aliphatic carbocycles. The zero-order chi connectivity index (χ0) is 13.0. The summed E-state index contributed by atoms with van der Waals surface area (Å²) in [6, 6.07) is 0. The molecular weight excluding hydrogens is 234 g/mol. The lowest BCUT2D eigenvalue weighted by Crippen LogP contribution is -2.15. The summed E-state index contributed by atoms with van der Waals surface area (Å²) in [5.41, 5.74) is 0. The summed E-state index contributed by atoms with van der Waals surface area (Å²) in [5, 5.41) is 2.42. The van der Waals surface area contributed by atoms with E-state index in [2.05, 4.69) is 24.0 Å². The number of rotatable bonds is 6. The molecule has 2 heterocycles. The van der Waals surface area contributed by atoms with Crippen molar-refractivity contribution in [3.8, 4) is 0 Å². The van der Waals surface area contributed by atoms with Gasteiger partial charge in [-0.1, -0.05) is 0 Å². The second-order valence-electron chi connectivity index (χ2n) is 5.55. The molecule has 0 amide bonds. The largest absolute Gasteiger partial charge is 0.375 e. The zero-order valence-electron chi connectivity index (χ0n) is 11.2. The summed E-state index contributed by atoms with van der Waals surface area (Å²) in [6.45, 7) is 4.51. The Balaban J connectivity index is 1.68. The van der Waals surface area contributed by atoms with Gasteiger partial charge in [-0.15, -0.1) is 4.91 Å². The highest BCUT2D eigenvalue weighted by Crippen LogP contribution is 2.32. The lowest BCUT2D eigenvalue weighted by atomic mass is 9.93. The molecule has 5 atom stereocenters. The molecule has 2 rings (SSSR count). The van der Waals surface area contributed by atoms with E-state index in [1.54, 1.807) is 0 Å². The fraction of sp³-hybridized carbons (Fsp3) is 1.00. The van der Waals surface area contributed by atoms with Crippen molar-refractivity contribution in [1.82, 2.24) is 0 Å². The third kappa shape index (κ3) is 3.65. The van der Waals surface area contributed by atoms with E-state index in [1.807, 2.05) is 0 Å². The highest BCUT2D eigenvalue weighted by atomic mass is 16.7. The predicted molar refractivity (Wildman–Crippen MR) is 67.0 cm³/mol. The first-order chi connectivity index (χ1) is 8.69. The van der Waals surface area contributed by atoms with Crippen LogP contribution in [0.1, 0.15) is 46.0 Å². The molecule has 18 heavy (non-hydrogen) atoms. The van der Waals surface area contributed by atoms with Crippen molar-refractivity contribution in [2.75, 3.05) is 6.61 Å². The van der Waals surface area contributed by atoms with Crippen LogP contribution in [0.2, 0.25) is 0 Å². The van der Waals surface area contributed by atoms with Crippen molar-refractivity contribution < 1.29 is 14.3 Å². The summed E-state index contributed by atoms with van der Waals surface area (Å²) in [7, 11) is 0. The van der Waals surface area contributed by atoms with Gasteiger partial charge in [-0.3, -0.25) is 0 Å². The van der Waals surface area contributed by atoms with Crippen molar-refractivity contribution in [3.05, 3.63) is 4.91 Å². The molecule has 0 bridgehead atoms. The van der Waals surface area contributed by atoms with Gasteiger partial charge < -0.3 is 14.3 Å². The van der Waals surface area contributed by atoms with Gasteiger partial charge in [-0.25, -0.2) is 0 Å². The van der Waals surface area contributed by atoms with Gasteiger partial charge >= 0.3 is 0 Å². The molecule has 0 saturated carbocycles. The molecule has 0 spiro atoms. The van der Waals surface area contributed by atoms with Gasteiger partial charge in [-0.2, -0.15) is 0 Å². The lowest BCUT2D eigenvalue weighted by Gasteiger charge is -2.16. The van der Waals surface area contributed by atoms with Crippen molar-refractivity contribution >= 4 is 0 Å². The third-order valence-electron chi connectivity index (χ3n) is 4.13. The maximum Gasteiger partial charge on any atom is 0.155 e. The number of hydrogen-bond donors (Lipinski definition) is 0. The van der Waals surface area contributed by atoms with Crippen LogP contribution in [0.15, 0.2) is 5.34 Å². The summed E-state index contributed by atoms with van der Waals surface area (Å²) < 4.78 is 11.6. The first kappa shape index (κ1) is 13.7. The van der Waals surface area contributed by atoms with Crippen molar-refractivity contribution in [3.63, 3.8) is 0 Å². The van der Waals surface area contributed by atoms with Crippen LogP contribution >= 0.6 is 0 Å². The van der Waals surface area contributed by atoms with E-state index in [0.29, 0.717) is 18.1 Å². The van der Waals surface area contributed by atoms with Crippen LogP contribution in [0, 0.1) is 10.8 Å². The Labute approximate surface area is 108 Å². The molecule has 0 radical (unpaired) electrons. The Bertz CT molecular complexity index is 274. The average Bonchev–Trinajstić information content (AvgIpc) is 2.90. The van der Waals surface area contributed by atoms with E-state index in [-0.39, 0.29) is 18.8 Å². The Morgan fingerprint density at radius 1 is 1.17 bits per heavy atom. The van der Waals surface area contributed by atoms with Crippen LogP contribution in [-0.2, 0) is 14.3 Å². The monoisotopic (exact) mass is 257 g/mol. The fourth-order valence-electron chi connectivity index (χ4n) is 3.07. The van der Waals surface area contributed by atoms with Crippen LogP contribution in [0.3, 0.4) is 0 Å². The second-order valence-corrected chi connectivity index (χ2v) is 5.55. The van der Waals surface area contributed by atoms with Gasteiger partial charge in [-0.05, 0) is 51.9 Å². The summed E-state index contributed by atoms with van der Waals surface area (Å²) in [5.74, 6) is 0.546. The smallest absolute Gasteiger partial charge is 0.155 e. The minimum atomic E-state index is 0.0196. The van der Waals surface area contributed by atoms with Crippen molar-refractivity contribution in [2.24, 2.45) is 11.3 Å². The normalized spacial score (nSPS) is 40.0. The quantitative estimate of drug-likeness (QED) is 0.542. The molecule has 0 aromatic heterocycles. The van der Waals surface area contributed by atoms with Gasteiger partial charge in [0.15, 0.2) is 5.34 Å². The molecular formula is C13H23NO4. The standard InChI is InChI=1S/C13H23NO4/c1-9-3-5-12(17-9)6-4-11-7-13(8-16-14-15)18-10(11)2/h9-13H,3-8H2,1-2H3/t9?,10?,11-,12?,13?/m1/s1. The van der Waals surface area contributed by atoms with Gasteiger partial charge in [0.05, 0.1) is 24.4 Å². The predicted octanol–water partition coefficient (Wildman–Crippen LogP) is 2.83. The van der Waals surface area contributed by atoms with E-state index in [9.17, 15) is 4.91 Å². The van der Waals surface area contributed by atoms with Gasteiger partial charge in [0, 0.05) is 0 Å². The minimum Gasteiger partial charge on any atom is -0.375 e. The molecule has 0 N–H and O–H groups in total. The first-order valence-corrected chi connectivity index (χ1v) is 6.94. The molecule has 2 aliphatic heterocycles. The molecule has 2 fully saturated rings. The maximum absolute atomic E-state index is 9.91. The van der Waals surface area contributed by atoms with E-state index in [0.717, 1.165) is 19.3 Å². The Hall–Kier alpha value is -0.680. The van der Waals surface area contributed by atoms with Gasteiger partial charge in [0.2, 0.25) is 0 Å². The Morgan fingerprint density at radius 2 is 2.00 bits per heavy atom. The van der Waals surface area contributed by atoms with E-state index >= 15 is 0 Å². The van der Waals surface area contributed by atoms with Gasteiger partial charge in [0.25, 0.3) is 0 Å². The highest BCUT2D eigenvalue weighted by molar-refractivity contribution is 4.81. The van der Waals surface area contributed by atoms with Crippen LogP contribution in [0.25, 0.3) is 0 Å². The zero-order valence-corrected chi connectivity index (χ0v) is 11.2. The molecule has 0 aromatic carbocycles. The lowest BCUT2D eigenvalue weighted by molar-refractivity contribution is -0.0136. The number of ether oxygens (including phenoxy) is 2. The van der Waals surface area contributed by atoms with Crippen molar-refractivity contribution in [2.45, 2.75) is 70.4 Å². The van der Waals surface area contributed by atoms with E-state index in [4.69, 9.17) is 9.47 Å². The molecule has 4 unspecified atom stereocenters. The third-order valence-corrected chi connectivity index (χ3v) is 4.13. The second kappa shape index (κ2) is 6.48. The summed E-state index contributed by atoms with van der Waals surface area (Å²) >= 11 is 0. The van der Waals surface area contributed by atoms with Crippen LogP contribution in [-0.4, -0.2) is 31.0 Å². The molecule has 104 valence electrons. The average molecular weight is 257 g/mol. The summed E-state index contributed by atoms with van der Waals surface area (Å²) in [4.78, 5) is 14.4. The molecule has 2 aliphatic rings. The SMILES string of the molecule is CC1CCC(CC[C@@H]2CC(CON=O)OC2C)O1. The molecule has 2 saturated heterocycles. The van der Waals surface area contributed by atoms with E-state index < -0.39 is 0 Å². The first-order valence-electron chi connectivity index (χ1n) is 6.94. The Kier molecular flexibility index (Phi) is 4.95. The molecule has 5 heteroatoms. The number of hydrogen-bond acceptors (Lipinski definition) is 5. The topological polar surface area (TPSA) is 57.1 Å². The number of nitrogens with zero attached hydrogens (tertiary/aromatic N) is 1. The van der Waals surface area contributed by atoms with Crippen LogP contribution < -0.4 is 0 Å². The van der Waals surface area contributed by atoms with Gasteiger partial charge in [0.1, 0.15) is 6.61 Å². The molecule has 5 nitrogen and oxygen atoms in total. The maximum atomic E-state index is 9.91. The molecule has 0 aromatic rings. The Morgan fingerprint density at radius 3 is 2.67 bits per heavy atom.